The predicted molar refractivity (Wildman–Crippen MR) is 90.0 cm³/mol. The molecule has 3 rings (SSSR count). The summed E-state index contributed by atoms with van der Waals surface area (Å²) in [6.07, 6.45) is 10.7. The van der Waals surface area contributed by atoms with Crippen LogP contribution in [0.5, 0.6) is 0 Å². The Labute approximate surface area is 132 Å². The van der Waals surface area contributed by atoms with Crippen LogP contribution >= 0.6 is 11.3 Å². The molecule has 118 valence electrons. The van der Waals surface area contributed by atoms with Gasteiger partial charge in [-0.15, -0.1) is 11.3 Å². The first-order chi connectivity index (χ1) is 10.2. The third-order valence-corrected chi connectivity index (χ3v) is 5.49. The maximum absolute atomic E-state index is 5.86. The molecule has 2 heterocycles. The zero-order valence-corrected chi connectivity index (χ0v) is 13.9. The van der Waals surface area contributed by atoms with E-state index in [0.717, 1.165) is 18.8 Å². The van der Waals surface area contributed by atoms with Gasteiger partial charge in [0.1, 0.15) is 0 Å². The number of nitrogens with zero attached hydrogens (tertiary/aromatic N) is 2. The number of hydrogen-bond donors (Lipinski definition) is 2. The van der Waals surface area contributed by atoms with Gasteiger partial charge in [0.2, 0.25) is 0 Å². The average Bonchev–Trinajstić information content (AvgIpc) is 2.86. The normalized spacial score (nSPS) is 19.5. The van der Waals surface area contributed by atoms with Crippen LogP contribution in [0.2, 0.25) is 0 Å². The lowest BCUT2D eigenvalue weighted by molar-refractivity contribution is 0.218. The zero-order chi connectivity index (χ0) is 15.1. The van der Waals surface area contributed by atoms with Crippen LogP contribution in [0.25, 0.3) is 0 Å². The van der Waals surface area contributed by atoms with Gasteiger partial charge in [-0.3, -0.25) is 10.3 Å². The SMILES string of the molecule is Cc1nc2c(s1)CN(CCC1CCCCC1)CC2.N=CN. The van der Waals surface area contributed by atoms with Crippen LogP contribution in [-0.2, 0) is 13.0 Å². The van der Waals surface area contributed by atoms with Crippen molar-refractivity contribution in [3.05, 3.63) is 15.6 Å². The van der Waals surface area contributed by atoms with Gasteiger partial charge in [-0.25, -0.2) is 4.98 Å². The van der Waals surface area contributed by atoms with E-state index in [9.17, 15) is 0 Å². The van der Waals surface area contributed by atoms with Gasteiger partial charge < -0.3 is 5.73 Å². The summed E-state index contributed by atoms with van der Waals surface area (Å²) in [6.45, 7) is 5.83. The van der Waals surface area contributed by atoms with Crippen molar-refractivity contribution >= 4 is 17.7 Å². The summed E-state index contributed by atoms with van der Waals surface area (Å²) in [7, 11) is 0. The van der Waals surface area contributed by atoms with Crippen LogP contribution < -0.4 is 5.73 Å². The Morgan fingerprint density at radius 3 is 2.81 bits per heavy atom. The second kappa shape index (κ2) is 8.49. The molecule has 1 saturated carbocycles. The number of nitrogens with two attached hydrogens (primary N) is 1. The first-order valence-corrected chi connectivity index (χ1v) is 8.92. The van der Waals surface area contributed by atoms with E-state index in [0.29, 0.717) is 0 Å². The number of aromatic nitrogens is 1. The standard InChI is InChI=1S/C15H24N2S.CH4N2/c1-12-16-14-8-10-17(11-15(14)18-12)9-7-13-5-3-2-4-6-13;2-1-3/h13H,2-11H2,1H3;1H,(H3,2,3). The van der Waals surface area contributed by atoms with Crippen molar-refractivity contribution < 1.29 is 0 Å². The van der Waals surface area contributed by atoms with E-state index >= 15 is 0 Å². The highest BCUT2D eigenvalue weighted by Crippen LogP contribution is 2.28. The third kappa shape index (κ3) is 5.08. The molecule has 0 spiro atoms. The Balaban J connectivity index is 0.000000497. The minimum Gasteiger partial charge on any atom is -0.390 e. The van der Waals surface area contributed by atoms with Crippen molar-refractivity contribution in [3.63, 3.8) is 0 Å². The Kier molecular flexibility index (Phi) is 6.64. The summed E-state index contributed by atoms with van der Waals surface area (Å²) < 4.78 is 0. The fourth-order valence-corrected chi connectivity index (χ4v) is 4.43. The van der Waals surface area contributed by atoms with Gasteiger partial charge >= 0.3 is 0 Å². The fraction of sp³-hybridized carbons (Fsp3) is 0.750. The molecule has 0 saturated heterocycles. The number of hydrogen-bond acceptors (Lipinski definition) is 4. The van der Waals surface area contributed by atoms with Crippen LogP contribution in [0.15, 0.2) is 0 Å². The van der Waals surface area contributed by atoms with Crippen molar-refractivity contribution in [2.45, 2.75) is 58.4 Å². The summed E-state index contributed by atoms with van der Waals surface area (Å²) in [4.78, 5) is 8.80. The molecule has 21 heavy (non-hydrogen) atoms. The number of fused-ring (bicyclic) bond motifs is 1. The largest absolute Gasteiger partial charge is 0.390 e. The van der Waals surface area contributed by atoms with Gasteiger partial charge in [0.25, 0.3) is 0 Å². The quantitative estimate of drug-likeness (QED) is 0.665. The first-order valence-electron chi connectivity index (χ1n) is 8.11. The van der Waals surface area contributed by atoms with E-state index in [4.69, 9.17) is 5.41 Å². The molecule has 0 atom stereocenters. The first kappa shape index (κ1) is 16.4. The van der Waals surface area contributed by atoms with Gasteiger partial charge in [-0.1, -0.05) is 32.1 Å². The molecule has 1 aliphatic heterocycles. The molecule has 2 aliphatic rings. The fourth-order valence-electron chi connectivity index (χ4n) is 3.41. The van der Waals surface area contributed by atoms with Crippen molar-refractivity contribution in [1.82, 2.24) is 9.88 Å². The highest BCUT2D eigenvalue weighted by molar-refractivity contribution is 7.11. The van der Waals surface area contributed by atoms with Crippen molar-refractivity contribution in [3.8, 4) is 0 Å². The number of thiazole rings is 1. The lowest BCUT2D eigenvalue weighted by Gasteiger charge is -2.29. The summed E-state index contributed by atoms with van der Waals surface area (Å²) in [5.74, 6) is 1.02. The number of nitrogens with one attached hydrogen (secondary N) is 1. The van der Waals surface area contributed by atoms with E-state index in [1.165, 1.54) is 73.6 Å². The van der Waals surface area contributed by atoms with E-state index in [2.05, 4.69) is 22.5 Å². The zero-order valence-electron chi connectivity index (χ0n) is 13.1. The monoisotopic (exact) mass is 308 g/mol. The van der Waals surface area contributed by atoms with Gasteiger partial charge in [0.15, 0.2) is 0 Å². The molecule has 3 N–H and O–H groups in total. The number of rotatable bonds is 3. The van der Waals surface area contributed by atoms with E-state index < -0.39 is 0 Å². The molecule has 5 heteroatoms. The predicted octanol–water partition coefficient (Wildman–Crippen LogP) is 3.33. The molecule has 0 amide bonds. The molecular weight excluding hydrogens is 280 g/mol. The second-order valence-corrected chi connectivity index (χ2v) is 7.38. The Morgan fingerprint density at radius 2 is 2.10 bits per heavy atom. The van der Waals surface area contributed by atoms with E-state index in [1.54, 1.807) is 0 Å². The van der Waals surface area contributed by atoms with E-state index in [-0.39, 0.29) is 0 Å². The average molecular weight is 308 g/mol. The van der Waals surface area contributed by atoms with Gasteiger partial charge in [-0.05, 0) is 25.8 Å². The maximum atomic E-state index is 5.86. The Bertz CT molecular complexity index is 437. The minimum atomic E-state index is 0.750. The summed E-state index contributed by atoms with van der Waals surface area (Å²) in [5.41, 5.74) is 5.77. The van der Waals surface area contributed by atoms with Gasteiger partial charge in [0.05, 0.1) is 17.0 Å². The third-order valence-electron chi connectivity index (χ3n) is 4.50. The molecule has 1 aromatic heterocycles. The molecule has 0 radical (unpaired) electrons. The van der Waals surface area contributed by atoms with Gasteiger partial charge in [0, 0.05) is 24.4 Å². The molecule has 1 aliphatic carbocycles. The maximum Gasteiger partial charge on any atom is 0.0900 e. The molecule has 0 unspecified atom stereocenters. The Hall–Kier alpha value is -0.940. The molecule has 1 aromatic rings. The highest BCUT2D eigenvalue weighted by Gasteiger charge is 2.21. The van der Waals surface area contributed by atoms with Gasteiger partial charge in [-0.2, -0.15) is 0 Å². The van der Waals surface area contributed by atoms with Crippen LogP contribution in [0, 0.1) is 18.3 Å². The highest BCUT2D eigenvalue weighted by atomic mass is 32.1. The lowest BCUT2D eigenvalue weighted by atomic mass is 9.87. The topological polar surface area (TPSA) is 66.0 Å². The summed E-state index contributed by atoms with van der Waals surface area (Å²) in [5, 5.41) is 7.11. The molecule has 4 nitrogen and oxygen atoms in total. The van der Waals surface area contributed by atoms with Crippen LogP contribution in [-0.4, -0.2) is 29.3 Å². The second-order valence-electron chi connectivity index (χ2n) is 6.09. The molecule has 0 bridgehead atoms. The molecule has 0 aromatic carbocycles. The van der Waals surface area contributed by atoms with Crippen molar-refractivity contribution in [1.29, 1.82) is 5.41 Å². The van der Waals surface area contributed by atoms with Crippen LogP contribution in [0.3, 0.4) is 0 Å². The van der Waals surface area contributed by atoms with Crippen LogP contribution in [0.1, 0.15) is 54.1 Å². The van der Waals surface area contributed by atoms with Crippen molar-refractivity contribution in [2.75, 3.05) is 13.1 Å². The summed E-state index contributed by atoms with van der Waals surface area (Å²) >= 11 is 1.90. The van der Waals surface area contributed by atoms with Crippen LogP contribution in [0.4, 0.5) is 0 Å². The Morgan fingerprint density at radius 1 is 1.38 bits per heavy atom. The lowest BCUT2D eigenvalue weighted by Crippen LogP contribution is -2.31. The minimum absolute atomic E-state index is 0.750. The van der Waals surface area contributed by atoms with E-state index in [1.807, 2.05) is 11.3 Å². The number of aryl methyl sites for hydroxylation is 1. The molecule has 1 fully saturated rings. The summed E-state index contributed by atoms with van der Waals surface area (Å²) in [6, 6.07) is 0. The van der Waals surface area contributed by atoms with Crippen molar-refractivity contribution in [2.24, 2.45) is 11.7 Å². The smallest absolute Gasteiger partial charge is 0.0900 e. The molecular formula is C16H28N4S.